The van der Waals surface area contributed by atoms with Crippen molar-refractivity contribution >= 4 is 6.03 Å². The third-order valence-corrected chi connectivity index (χ3v) is 2.62. The lowest BCUT2D eigenvalue weighted by atomic mass is 10.1. The topological polar surface area (TPSA) is 67.1 Å². The Morgan fingerprint density at radius 2 is 2.06 bits per heavy atom. The summed E-state index contributed by atoms with van der Waals surface area (Å²) in [5.41, 5.74) is 6.98. The van der Waals surface area contributed by atoms with Gasteiger partial charge in [-0.15, -0.1) is 0 Å². The van der Waals surface area contributed by atoms with Crippen LogP contribution < -0.4 is 16.4 Å². The molecule has 0 bridgehead atoms. The van der Waals surface area contributed by atoms with E-state index in [9.17, 15) is 4.79 Å². The van der Waals surface area contributed by atoms with Crippen LogP contribution >= 0.6 is 0 Å². The SMILES string of the molecule is NC(CNC(=O)NC1CC1)c1ccccc1. The van der Waals surface area contributed by atoms with E-state index >= 15 is 0 Å². The Kier molecular flexibility index (Phi) is 3.41. The maximum Gasteiger partial charge on any atom is 0.315 e. The highest BCUT2D eigenvalue weighted by molar-refractivity contribution is 5.74. The van der Waals surface area contributed by atoms with Crippen molar-refractivity contribution in [1.29, 1.82) is 0 Å². The number of amides is 2. The van der Waals surface area contributed by atoms with Crippen molar-refractivity contribution in [2.24, 2.45) is 5.73 Å². The molecule has 2 rings (SSSR count). The van der Waals surface area contributed by atoms with Crippen LogP contribution in [0.5, 0.6) is 0 Å². The van der Waals surface area contributed by atoms with E-state index in [1.54, 1.807) is 0 Å². The molecule has 0 radical (unpaired) electrons. The lowest BCUT2D eigenvalue weighted by Crippen LogP contribution is -2.40. The van der Waals surface area contributed by atoms with Crippen LogP contribution in [-0.4, -0.2) is 18.6 Å². The summed E-state index contributed by atoms with van der Waals surface area (Å²) in [6.45, 7) is 0.461. The molecule has 0 spiro atoms. The lowest BCUT2D eigenvalue weighted by molar-refractivity contribution is 0.240. The number of carbonyl (C=O) groups is 1. The van der Waals surface area contributed by atoms with Crippen LogP contribution in [0.4, 0.5) is 4.79 Å². The lowest BCUT2D eigenvalue weighted by Gasteiger charge is -2.13. The normalized spacial score (nSPS) is 16.6. The van der Waals surface area contributed by atoms with Crippen LogP contribution in [0.3, 0.4) is 0 Å². The Morgan fingerprint density at radius 1 is 1.38 bits per heavy atom. The van der Waals surface area contributed by atoms with Gasteiger partial charge >= 0.3 is 6.03 Å². The monoisotopic (exact) mass is 219 g/mol. The minimum absolute atomic E-state index is 0.117. The molecule has 1 aromatic carbocycles. The second-order valence-electron chi connectivity index (χ2n) is 4.15. The zero-order chi connectivity index (χ0) is 11.4. The third-order valence-electron chi connectivity index (χ3n) is 2.62. The molecule has 1 atom stereocenters. The molecule has 0 aliphatic heterocycles. The number of nitrogens with one attached hydrogen (secondary N) is 2. The average molecular weight is 219 g/mol. The molecule has 2 amide bonds. The first-order valence-electron chi connectivity index (χ1n) is 5.60. The van der Waals surface area contributed by atoms with Crippen molar-refractivity contribution in [3.05, 3.63) is 35.9 Å². The van der Waals surface area contributed by atoms with Gasteiger partial charge in [-0.1, -0.05) is 30.3 Å². The van der Waals surface area contributed by atoms with Gasteiger partial charge in [0.05, 0.1) is 0 Å². The molecule has 16 heavy (non-hydrogen) atoms. The van der Waals surface area contributed by atoms with Crippen molar-refractivity contribution in [2.45, 2.75) is 24.9 Å². The molecule has 1 saturated carbocycles. The van der Waals surface area contributed by atoms with Gasteiger partial charge in [-0.05, 0) is 18.4 Å². The zero-order valence-corrected chi connectivity index (χ0v) is 9.15. The van der Waals surface area contributed by atoms with Crippen LogP contribution in [0.15, 0.2) is 30.3 Å². The van der Waals surface area contributed by atoms with Crippen LogP contribution in [0, 0.1) is 0 Å². The van der Waals surface area contributed by atoms with E-state index in [0.29, 0.717) is 12.6 Å². The molecule has 1 aliphatic rings. The van der Waals surface area contributed by atoms with Gasteiger partial charge in [0.15, 0.2) is 0 Å². The summed E-state index contributed by atoms with van der Waals surface area (Å²) in [6, 6.07) is 9.88. The van der Waals surface area contributed by atoms with E-state index in [4.69, 9.17) is 5.73 Å². The maximum absolute atomic E-state index is 11.4. The highest BCUT2D eigenvalue weighted by atomic mass is 16.2. The second kappa shape index (κ2) is 4.99. The quantitative estimate of drug-likeness (QED) is 0.711. The summed E-state index contributed by atoms with van der Waals surface area (Å²) < 4.78 is 0. The van der Waals surface area contributed by atoms with Gasteiger partial charge in [0, 0.05) is 18.6 Å². The first-order chi connectivity index (χ1) is 7.75. The molecule has 1 fully saturated rings. The van der Waals surface area contributed by atoms with E-state index in [0.717, 1.165) is 18.4 Å². The highest BCUT2D eigenvalue weighted by Gasteiger charge is 2.23. The van der Waals surface area contributed by atoms with E-state index in [2.05, 4.69) is 10.6 Å². The molecule has 1 aliphatic carbocycles. The number of carbonyl (C=O) groups excluding carboxylic acids is 1. The first kappa shape index (κ1) is 11.0. The van der Waals surface area contributed by atoms with Crippen LogP contribution in [0.1, 0.15) is 24.4 Å². The summed E-state index contributed by atoms with van der Waals surface area (Å²) in [7, 11) is 0. The Labute approximate surface area is 95.2 Å². The van der Waals surface area contributed by atoms with Gasteiger partial charge in [0.25, 0.3) is 0 Å². The molecule has 4 N–H and O–H groups in total. The van der Waals surface area contributed by atoms with Crippen molar-refractivity contribution in [1.82, 2.24) is 10.6 Å². The van der Waals surface area contributed by atoms with Crippen molar-refractivity contribution in [2.75, 3.05) is 6.54 Å². The summed E-state index contributed by atoms with van der Waals surface area (Å²) >= 11 is 0. The maximum atomic E-state index is 11.4. The minimum Gasteiger partial charge on any atom is -0.336 e. The van der Waals surface area contributed by atoms with Gasteiger partial charge in [0.2, 0.25) is 0 Å². The third kappa shape index (κ3) is 3.24. The van der Waals surface area contributed by atoms with E-state index in [1.165, 1.54) is 0 Å². The van der Waals surface area contributed by atoms with Crippen LogP contribution in [-0.2, 0) is 0 Å². The van der Waals surface area contributed by atoms with Gasteiger partial charge in [0.1, 0.15) is 0 Å². The average Bonchev–Trinajstić information content (AvgIpc) is 3.11. The van der Waals surface area contributed by atoms with E-state index in [1.807, 2.05) is 30.3 Å². The van der Waals surface area contributed by atoms with Crippen LogP contribution in [0.25, 0.3) is 0 Å². The minimum atomic E-state index is -0.147. The number of hydrogen-bond donors (Lipinski definition) is 3. The van der Waals surface area contributed by atoms with Crippen molar-refractivity contribution < 1.29 is 4.79 Å². The fourth-order valence-corrected chi connectivity index (χ4v) is 1.48. The molecular weight excluding hydrogens is 202 g/mol. The molecule has 0 saturated heterocycles. The molecule has 4 nitrogen and oxygen atoms in total. The second-order valence-corrected chi connectivity index (χ2v) is 4.15. The molecule has 86 valence electrons. The number of benzene rings is 1. The molecule has 0 heterocycles. The molecular formula is C12H17N3O. The molecule has 4 heteroatoms. The Hall–Kier alpha value is -1.55. The van der Waals surface area contributed by atoms with Gasteiger partial charge in [-0.25, -0.2) is 4.79 Å². The smallest absolute Gasteiger partial charge is 0.315 e. The van der Waals surface area contributed by atoms with Crippen molar-refractivity contribution in [3.8, 4) is 0 Å². The summed E-state index contributed by atoms with van der Waals surface area (Å²) in [5.74, 6) is 0. The van der Waals surface area contributed by atoms with Gasteiger partial charge in [-0.2, -0.15) is 0 Å². The highest BCUT2D eigenvalue weighted by Crippen LogP contribution is 2.18. The van der Waals surface area contributed by atoms with Gasteiger partial charge in [-0.3, -0.25) is 0 Å². The summed E-state index contributed by atoms with van der Waals surface area (Å²) in [6.07, 6.45) is 2.19. The molecule has 1 unspecified atom stereocenters. The van der Waals surface area contributed by atoms with E-state index in [-0.39, 0.29) is 12.1 Å². The predicted molar refractivity (Wildman–Crippen MR) is 62.9 cm³/mol. The molecule has 0 aromatic heterocycles. The Bertz CT molecular complexity index is 349. The number of urea groups is 1. The standard InChI is InChI=1S/C12H17N3O/c13-11(9-4-2-1-3-5-9)8-14-12(16)15-10-6-7-10/h1-5,10-11H,6-8,13H2,(H2,14,15,16). The van der Waals surface area contributed by atoms with Crippen molar-refractivity contribution in [3.63, 3.8) is 0 Å². The number of rotatable bonds is 4. The van der Waals surface area contributed by atoms with E-state index < -0.39 is 0 Å². The fraction of sp³-hybridized carbons (Fsp3) is 0.417. The Morgan fingerprint density at radius 3 is 2.69 bits per heavy atom. The predicted octanol–water partition coefficient (Wildman–Crippen LogP) is 1.15. The number of nitrogens with two attached hydrogens (primary N) is 1. The fourth-order valence-electron chi connectivity index (χ4n) is 1.48. The van der Waals surface area contributed by atoms with Crippen LogP contribution in [0.2, 0.25) is 0 Å². The molecule has 1 aromatic rings. The first-order valence-corrected chi connectivity index (χ1v) is 5.60. The Balaban J connectivity index is 1.74. The summed E-state index contributed by atoms with van der Waals surface area (Å²) in [5, 5.41) is 5.63. The largest absolute Gasteiger partial charge is 0.336 e. The summed E-state index contributed by atoms with van der Waals surface area (Å²) in [4.78, 5) is 11.4. The number of hydrogen-bond acceptors (Lipinski definition) is 2. The van der Waals surface area contributed by atoms with Gasteiger partial charge < -0.3 is 16.4 Å². The zero-order valence-electron chi connectivity index (χ0n) is 9.15.